The molecular formula is C13H18BrN3. The Hall–Kier alpha value is -0.870. The van der Waals surface area contributed by atoms with Crippen LogP contribution in [-0.2, 0) is 6.54 Å². The average molecular weight is 296 g/mol. The summed E-state index contributed by atoms with van der Waals surface area (Å²) >= 11 is 3.47. The molecule has 2 heterocycles. The van der Waals surface area contributed by atoms with Gasteiger partial charge in [0.25, 0.3) is 0 Å². The number of alkyl halides is 1. The minimum Gasteiger partial charge on any atom is -0.307 e. The second-order valence-electron chi connectivity index (χ2n) is 4.11. The van der Waals surface area contributed by atoms with Gasteiger partial charge in [0, 0.05) is 24.3 Å². The summed E-state index contributed by atoms with van der Waals surface area (Å²) in [5, 5.41) is 1.06. The number of hydrogen-bond acceptors (Lipinski definition) is 2. The summed E-state index contributed by atoms with van der Waals surface area (Å²) in [6, 6.07) is 6.09. The largest absolute Gasteiger partial charge is 0.307 e. The highest BCUT2D eigenvalue weighted by atomic mass is 79.9. The first-order valence-electron chi connectivity index (χ1n) is 6.04. The predicted molar refractivity (Wildman–Crippen MR) is 74.6 cm³/mol. The highest BCUT2D eigenvalue weighted by Crippen LogP contribution is 2.08. The lowest BCUT2D eigenvalue weighted by atomic mass is 10.3. The molecule has 92 valence electrons. The van der Waals surface area contributed by atoms with E-state index in [4.69, 9.17) is 0 Å². The zero-order chi connectivity index (χ0) is 12.1. The van der Waals surface area contributed by atoms with Crippen LogP contribution >= 0.6 is 15.9 Å². The van der Waals surface area contributed by atoms with Crippen molar-refractivity contribution in [3.8, 4) is 0 Å². The number of pyridine rings is 1. The summed E-state index contributed by atoms with van der Waals surface area (Å²) in [4.78, 5) is 7.04. The van der Waals surface area contributed by atoms with Crippen molar-refractivity contribution in [3.05, 3.63) is 36.3 Å². The first-order chi connectivity index (χ1) is 8.33. The van der Waals surface area contributed by atoms with Gasteiger partial charge in [-0.2, -0.15) is 0 Å². The molecule has 2 rings (SSSR count). The van der Waals surface area contributed by atoms with Crippen molar-refractivity contribution in [1.82, 2.24) is 14.3 Å². The first kappa shape index (κ1) is 12.6. The summed E-state index contributed by atoms with van der Waals surface area (Å²) in [5.41, 5.74) is 2.17. The molecule has 0 aliphatic rings. The van der Waals surface area contributed by atoms with E-state index in [1.165, 1.54) is 6.42 Å². The van der Waals surface area contributed by atoms with Crippen LogP contribution in [0.2, 0.25) is 0 Å². The van der Waals surface area contributed by atoms with Gasteiger partial charge in [0.15, 0.2) is 0 Å². The van der Waals surface area contributed by atoms with Crippen LogP contribution in [0.15, 0.2) is 30.6 Å². The molecule has 0 radical (unpaired) electrons. The molecule has 17 heavy (non-hydrogen) atoms. The monoisotopic (exact) mass is 295 g/mol. The molecule has 0 bridgehead atoms. The molecule has 0 fully saturated rings. The van der Waals surface area contributed by atoms with Gasteiger partial charge in [0.05, 0.1) is 5.69 Å². The molecule has 0 aliphatic heterocycles. The topological polar surface area (TPSA) is 20.5 Å². The number of aromatic nitrogens is 2. The van der Waals surface area contributed by atoms with Crippen molar-refractivity contribution in [2.24, 2.45) is 0 Å². The highest BCUT2D eigenvalue weighted by molar-refractivity contribution is 9.09. The van der Waals surface area contributed by atoms with Crippen LogP contribution in [0.5, 0.6) is 0 Å². The Bertz CT molecular complexity index is 433. The fourth-order valence-corrected chi connectivity index (χ4v) is 2.18. The fourth-order valence-electron chi connectivity index (χ4n) is 1.92. The van der Waals surface area contributed by atoms with Crippen molar-refractivity contribution in [1.29, 1.82) is 0 Å². The maximum Gasteiger partial charge on any atom is 0.137 e. The number of fused-ring (bicyclic) bond motifs is 1. The Morgan fingerprint density at radius 2 is 2.29 bits per heavy atom. The van der Waals surface area contributed by atoms with Crippen molar-refractivity contribution in [2.45, 2.75) is 19.9 Å². The number of halogens is 1. The van der Waals surface area contributed by atoms with Crippen LogP contribution < -0.4 is 0 Å². The van der Waals surface area contributed by atoms with E-state index >= 15 is 0 Å². The van der Waals surface area contributed by atoms with Crippen LogP contribution in [0.25, 0.3) is 5.65 Å². The maximum absolute atomic E-state index is 4.62. The molecule has 2 aromatic heterocycles. The predicted octanol–water partition coefficient (Wildman–Crippen LogP) is 2.94. The molecule has 0 spiro atoms. The Morgan fingerprint density at radius 1 is 1.41 bits per heavy atom. The van der Waals surface area contributed by atoms with Crippen molar-refractivity contribution in [2.75, 3.05) is 18.4 Å². The van der Waals surface area contributed by atoms with Crippen LogP contribution in [0.4, 0.5) is 0 Å². The third kappa shape index (κ3) is 3.30. The second kappa shape index (κ2) is 6.17. The quantitative estimate of drug-likeness (QED) is 0.764. The van der Waals surface area contributed by atoms with E-state index in [1.54, 1.807) is 0 Å². The van der Waals surface area contributed by atoms with Gasteiger partial charge in [0.1, 0.15) is 5.65 Å². The van der Waals surface area contributed by atoms with E-state index in [9.17, 15) is 0 Å². The van der Waals surface area contributed by atoms with Crippen molar-refractivity contribution >= 4 is 21.6 Å². The molecule has 3 nitrogen and oxygen atoms in total. The van der Waals surface area contributed by atoms with Crippen molar-refractivity contribution in [3.63, 3.8) is 0 Å². The minimum absolute atomic E-state index is 0.936. The standard InChI is InChI=1S/C13H18BrN3/c1-2-16(8-5-7-14)10-12-11-17-9-4-3-6-13(17)15-12/h3-4,6,9,11H,2,5,7-8,10H2,1H3. The van der Waals surface area contributed by atoms with Gasteiger partial charge >= 0.3 is 0 Å². The molecule has 4 heteroatoms. The van der Waals surface area contributed by atoms with Crippen LogP contribution in [0.3, 0.4) is 0 Å². The Balaban J connectivity index is 2.06. The minimum atomic E-state index is 0.936. The molecule has 0 atom stereocenters. The molecule has 0 saturated carbocycles. The van der Waals surface area contributed by atoms with E-state index in [1.807, 2.05) is 24.4 Å². The normalized spacial score (nSPS) is 11.5. The maximum atomic E-state index is 4.62. The molecule has 0 aliphatic carbocycles. The first-order valence-corrected chi connectivity index (χ1v) is 7.16. The number of imidazole rings is 1. The van der Waals surface area contributed by atoms with Crippen molar-refractivity contribution < 1.29 is 0 Å². The van der Waals surface area contributed by atoms with Crippen LogP contribution in [-0.4, -0.2) is 32.7 Å². The molecule has 0 amide bonds. The molecule has 0 aromatic carbocycles. The molecule has 0 unspecified atom stereocenters. The Labute approximate surface area is 111 Å². The summed E-state index contributed by atoms with van der Waals surface area (Å²) < 4.78 is 2.08. The van der Waals surface area contributed by atoms with Gasteiger partial charge < -0.3 is 4.40 Å². The third-order valence-electron chi connectivity index (χ3n) is 2.85. The summed E-state index contributed by atoms with van der Waals surface area (Å²) in [6.45, 7) is 5.33. The zero-order valence-corrected chi connectivity index (χ0v) is 11.7. The fraction of sp³-hybridized carbons (Fsp3) is 0.462. The van der Waals surface area contributed by atoms with E-state index in [-0.39, 0.29) is 0 Å². The number of hydrogen-bond donors (Lipinski definition) is 0. The van der Waals surface area contributed by atoms with Crippen LogP contribution in [0.1, 0.15) is 19.0 Å². The highest BCUT2D eigenvalue weighted by Gasteiger charge is 2.06. The van der Waals surface area contributed by atoms with Crippen LogP contribution in [0, 0.1) is 0 Å². The summed E-state index contributed by atoms with van der Waals surface area (Å²) in [7, 11) is 0. The lowest BCUT2D eigenvalue weighted by Crippen LogP contribution is -2.24. The van der Waals surface area contributed by atoms with E-state index < -0.39 is 0 Å². The smallest absolute Gasteiger partial charge is 0.137 e. The Morgan fingerprint density at radius 3 is 3.00 bits per heavy atom. The van der Waals surface area contributed by atoms with E-state index in [0.29, 0.717) is 0 Å². The SMILES string of the molecule is CCN(CCCBr)Cc1cn2ccccc2n1. The second-order valence-corrected chi connectivity index (χ2v) is 4.90. The number of nitrogens with zero attached hydrogens (tertiary/aromatic N) is 3. The zero-order valence-electron chi connectivity index (χ0n) is 10.1. The van der Waals surface area contributed by atoms with Gasteiger partial charge in [0.2, 0.25) is 0 Å². The Kier molecular flexibility index (Phi) is 4.57. The molecule has 0 saturated heterocycles. The average Bonchev–Trinajstić information content (AvgIpc) is 2.76. The van der Waals surface area contributed by atoms with Gasteiger partial charge in [-0.15, -0.1) is 0 Å². The summed E-state index contributed by atoms with van der Waals surface area (Å²) in [6.07, 6.45) is 5.34. The summed E-state index contributed by atoms with van der Waals surface area (Å²) in [5.74, 6) is 0. The third-order valence-corrected chi connectivity index (χ3v) is 3.42. The lowest BCUT2D eigenvalue weighted by Gasteiger charge is -2.18. The van der Waals surface area contributed by atoms with Gasteiger partial charge in [-0.25, -0.2) is 4.98 Å². The van der Waals surface area contributed by atoms with Gasteiger partial charge in [-0.05, 0) is 31.6 Å². The lowest BCUT2D eigenvalue weighted by molar-refractivity contribution is 0.279. The number of rotatable bonds is 6. The van der Waals surface area contributed by atoms with Gasteiger partial charge in [-0.1, -0.05) is 28.9 Å². The molecular weight excluding hydrogens is 278 g/mol. The van der Waals surface area contributed by atoms with E-state index in [0.717, 1.165) is 36.3 Å². The molecule has 0 N–H and O–H groups in total. The van der Waals surface area contributed by atoms with E-state index in [2.05, 4.69) is 43.3 Å². The van der Waals surface area contributed by atoms with Gasteiger partial charge in [-0.3, -0.25) is 4.90 Å². The molecule has 2 aromatic rings.